The van der Waals surface area contributed by atoms with E-state index in [1.165, 1.54) is 18.4 Å². The molecule has 1 saturated heterocycles. The molecular formula is C15H24N2O2. The zero-order valence-electron chi connectivity index (χ0n) is 11.7. The molecule has 0 bridgehead atoms. The molecule has 0 unspecified atom stereocenters. The van der Waals surface area contributed by atoms with Gasteiger partial charge in [-0.15, -0.1) is 0 Å². The molecule has 1 aromatic heterocycles. The first-order chi connectivity index (χ1) is 9.33. The molecule has 19 heavy (non-hydrogen) atoms. The molecule has 2 aliphatic rings. The largest absolute Gasteiger partial charge is 0.468 e. The van der Waals surface area contributed by atoms with Gasteiger partial charge in [0.1, 0.15) is 5.76 Å². The van der Waals surface area contributed by atoms with Gasteiger partial charge in [0, 0.05) is 37.4 Å². The van der Waals surface area contributed by atoms with Crippen LogP contribution >= 0.6 is 0 Å². The van der Waals surface area contributed by atoms with Crippen LogP contribution in [-0.4, -0.2) is 37.2 Å². The first-order valence-electron chi connectivity index (χ1n) is 7.39. The molecule has 1 aliphatic heterocycles. The third-order valence-electron chi connectivity index (χ3n) is 4.20. The summed E-state index contributed by atoms with van der Waals surface area (Å²) in [5.74, 6) is 1.10. The molecule has 1 aromatic rings. The van der Waals surface area contributed by atoms with Crippen LogP contribution in [0.3, 0.4) is 0 Å². The quantitative estimate of drug-likeness (QED) is 0.854. The van der Waals surface area contributed by atoms with Crippen LogP contribution < -0.4 is 5.32 Å². The first kappa shape index (κ1) is 13.2. The Labute approximate surface area is 115 Å². The van der Waals surface area contributed by atoms with Crippen molar-refractivity contribution in [3.8, 4) is 0 Å². The van der Waals surface area contributed by atoms with Gasteiger partial charge in [0.15, 0.2) is 0 Å². The van der Waals surface area contributed by atoms with Crippen molar-refractivity contribution in [1.82, 2.24) is 10.2 Å². The lowest BCUT2D eigenvalue weighted by Crippen LogP contribution is -2.36. The Morgan fingerprint density at radius 3 is 2.79 bits per heavy atom. The fourth-order valence-electron chi connectivity index (χ4n) is 2.71. The Morgan fingerprint density at radius 2 is 2.05 bits per heavy atom. The molecule has 106 valence electrons. The topological polar surface area (TPSA) is 37.6 Å². The molecule has 0 aromatic carbocycles. The zero-order valence-corrected chi connectivity index (χ0v) is 11.7. The minimum Gasteiger partial charge on any atom is -0.468 e. The number of furan rings is 1. The van der Waals surface area contributed by atoms with Gasteiger partial charge in [-0.1, -0.05) is 0 Å². The minimum atomic E-state index is 0.646. The number of nitrogens with zero attached hydrogens (tertiary/aromatic N) is 1. The number of hydrogen-bond donors (Lipinski definition) is 1. The summed E-state index contributed by atoms with van der Waals surface area (Å²) < 4.78 is 11.0. The molecule has 3 rings (SSSR count). The minimum absolute atomic E-state index is 0.646. The summed E-state index contributed by atoms with van der Waals surface area (Å²) in [5, 5.41) is 3.52. The SMILES string of the molecule is CN(Cc1ccoc1CNC1CC1)C1CCOCC1. The Bertz CT molecular complexity index is 395. The van der Waals surface area contributed by atoms with Crippen LogP contribution in [0.15, 0.2) is 16.7 Å². The van der Waals surface area contributed by atoms with Crippen LogP contribution in [0.1, 0.15) is 37.0 Å². The van der Waals surface area contributed by atoms with Crippen molar-refractivity contribution in [1.29, 1.82) is 0 Å². The lowest BCUT2D eigenvalue weighted by Gasteiger charge is -2.31. The van der Waals surface area contributed by atoms with E-state index in [0.29, 0.717) is 6.04 Å². The van der Waals surface area contributed by atoms with Crippen molar-refractivity contribution in [2.75, 3.05) is 20.3 Å². The van der Waals surface area contributed by atoms with Crippen LogP contribution in [0.2, 0.25) is 0 Å². The summed E-state index contributed by atoms with van der Waals surface area (Å²) in [6.07, 6.45) is 6.74. The van der Waals surface area contributed by atoms with Crippen LogP contribution in [0.25, 0.3) is 0 Å². The summed E-state index contributed by atoms with van der Waals surface area (Å²) in [6.45, 7) is 3.64. The fraction of sp³-hybridized carbons (Fsp3) is 0.733. The molecule has 2 heterocycles. The van der Waals surface area contributed by atoms with Gasteiger partial charge in [-0.05, 0) is 38.8 Å². The first-order valence-corrected chi connectivity index (χ1v) is 7.39. The second-order valence-corrected chi connectivity index (χ2v) is 5.78. The van der Waals surface area contributed by atoms with Crippen molar-refractivity contribution < 1.29 is 9.15 Å². The molecule has 1 aliphatic carbocycles. The van der Waals surface area contributed by atoms with E-state index < -0.39 is 0 Å². The predicted molar refractivity (Wildman–Crippen MR) is 73.9 cm³/mol. The fourth-order valence-corrected chi connectivity index (χ4v) is 2.71. The van der Waals surface area contributed by atoms with Crippen LogP contribution in [-0.2, 0) is 17.8 Å². The molecular weight excluding hydrogens is 240 g/mol. The molecule has 0 radical (unpaired) electrons. The molecule has 4 nitrogen and oxygen atoms in total. The molecule has 0 amide bonds. The Kier molecular flexibility index (Phi) is 4.21. The summed E-state index contributed by atoms with van der Waals surface area (Å²) in [7, 11) is 2.21. The molecule has 0 atom stereocenters. The van der Waals surface area contributed by atoms with Gasteiger partial charge in [-0.3, -0.25) is 4.90 Å². The average Bonchev–Trinajstić information content (AvgIpc) is 3.18. The third kappa shape index (κ3) is 3.59. The zero-order chi connectivity index (χ0) is 13.1. The lowest BCUT2D eigenvalue weighted by atomic mass is 10.1. The van der Waals surface area contributed by atoms with E-state index in [-0.39, 0.29) is 0 Å². The van der Waals surface area contributed by atoms with Crippen molar-refractivity contribution >= 4 is 0 Å². The van der Waals surface area contributed by atoms with Crippen molar-refractivity contribution in [3.05, 3.63) is 23.7 Å². The molecule has 0 spiro atoms. The Morgan fingerprint density at radius 1 is 1.26 bits per heavy atom. The van der Waals surface area contributed by atoms with Gasteiger partial charge in [0.2, 0.25) is 0 Å². The van der Waals surface area contributed by atoms with Gasteiger partial charge < -0.3 is 14.5 Å². The van der Waals surface area contributed by atoms with Gasteiger partial charge >= 0.3 is 0 Å². The predicted octanol–water partition coefficient (Wildman–Crippen LogP) is 2.14. The summed E-state index contributed by atoms with van der Waals surface area (Å²) in [4.78, 5) is 2.44. The van der Waals surface area contributed by atoms with Gasteiger partial charge in [-0.25, -0.2) is 0 Å². The van der Waals surface area contributed by atoms with Gasteiger partial charge in [0.25, 0.3) is 0 Å². The molecule has 1 N–H and O–H groups in total. The molecule has 4 heteroatoms. The number of nitrogens with one attached hydrogen (secondary N) is 1. The maximum absolute atomic E-state index is 5.62. The second-order valence-electron chi connectivity index (χ2n) is 5.78. The monoisotopic (exact) mass is 264 g/mol. The van der Waals surface area contributed by atoms with Crippen LogP contribution in [0.5, 0.6) is 0 Å². The highest BCUT2D eigenvalue weighted by Gasteiger charge is 2.22. The van der Waals surface area contributed by atoms with E-state index >= 15 is 0 Å². The maximum Gasteiger partial charge on any atom is 0.122 e. The normalized spacial score (nSPS) is 21.2. The maximum atomic E-state index is 5.62. The lowest BCUT2D eigenvalue weighted by molar-refractivity contribution is 0.0405. The smallest absolute Gasteiger partial charge is 0.122 e. The number of ether oxygens (including phenoxy) is 1. The highest BCUT2D eigenvalue weighted by atomic mass is 16.5. The van der Waals surface area contributed by atoms with Gasteiger partial charge in [0.05, 0.1) is 12.8 Å². The average molecular weight is 264 g/mol. The summed E-state index contributed by atoms with van der Waals surface area (Å²) in [6, 6.07) is 3.48. The van der Waals surface area contributed by atoms with E-state index in [4.69, 9.17) is 9.15 Å². The van der Waals surface area contributed by atoms with E-state index in [1.54, 1.807) is 0 Å². The van der Waals surface area contributed by atoms with E-state index in [2.05, 4.69) is 23.3 Å². The highest BCUT2D eigenvalue weighted by molar-refractivity contribution is 5.17. The highest BCUT2D eigenvalue weighted by Crippen LogP contribution is 2.22. The van der Waals surface area contributed by atoms with Crippen molar-refractivity contribution in [3.63, 3.8) is 0 Å². The Hall–Kier alpha value is -0.840. The van der Waals surface area contributed by atoms with Gasteiger partial charge in [-0.2, -0.15) is 0 Å². The molecule has 1 saturated carbocycles. The standard InChI is InChI=1S/C15H24N2O2/c1-17(14-5-7-18-8-6-14)11-12-4-9-19-15(12)10-16-13-2-3-13/h4,9,13-14,16H,2-3,5-8,10-11H2,1H3. The van der Waals surface area contributed by atoms with Crippen LogP contribution in [0.4, 0.5) is 0 Å². The van der Waals surface area contributed by atoms with Crippen molar-refractivity contribution in [2.45, 2.75) is 50.9 Å². The number of rotatable bonds is 6. The number of hydrogen-bond acceptors (Lipinski definition) is 4. The van der Waals surface area contributed by atoms with Crippen LogP contribution in [0, 0.1) is 0 Å². The summed E-state index contributed by atoms with van der Waals surface area (Å²) >= 11 is 0. The Balaban J connectivity index is 1.54. The van der Waals surface area contributed by atoms with E-state index in [1.807, 2.05) is 6.26 Å². The second kappa shape index (κ2) is 6.07. The van der Waals surface area contributed by atoms with E-state index in [0.717, 1.165) is 50.9 Å². The summed E-state index contributed by atoms with van der Waals surface area (Å²) in [5.41, 5.74) is 1.32. The molecule has 2 fully saturated rings. The van der Waals surface area contributed by atoms with Crippen molar-refractivity contribution in [2.24, 2.45) is 0 Å². The van der Waals surface area contributed by atoms with E-state index in [9.17, 15) is 0 Å². The third-order valence-corrected chi connectivity index (χ3v) is 4.20.